The van der Waals surface area contributed by atoms with Gasteiger partial charge in [0.1, 0.15) is 11.5 Å². The van der Waals surface area contributed by atoms with Crippen molar-refractivity contribution >= 4 is 0 Å². The van der Waals surface area contributed by atoms with Crippen LogP contribution in [-0.4, -0.2) is 10.2 Å². The summed E-state index contributed by atoms with van der Waals surface area (Å²) in [5, 5.41) is 20.0. The maximum absolute atomic E-state index is 10.0. The molecule has 0 bridgehead atoms. The zero-order chi connectivity index (χ0) is 12.6. The van der Waals surface area contributed by atoms with Crippen molar-refractivity contribution < 1.29 is 10.2 Å². The average molecular weight is 232 g/mol. The maximum Gasteiger partial charge on any atom is 0.123 e. The second-order valence-corrected chi connectivity index (χ2v) is 5.22. The fraction of sp³-hybridized carbons (Fsp3) is 0.467. The minimum absolute atomic E-state index is 0.236. The lowest BCUT2D eigenvalue weighted by Gasteiger charge is -2.26. The molecule has 0 heterocycles. The lowest BCUT2D eigenvalue weighted by Crippen LogP contribution is -2.07. The lowest BCUT2D eigenvalue weighted by molar-refractivity contribution is 0.418. The summed E-state index contributed by atoms with van der Waals surface area (Å²) < 4.78 is 0. The van der Waals surface area contributed by atoms with Crippen molar-refractivity contribution in [2.24, 2.45) is 0 Å². The monoisotopic (exact) mass is 232 g/mol. The Bertz CT molecular complexity index is 449. The third-order valence-corrected chi connectivity index (χ3v) is 3.84. The number of hydrogen-bond acceptors (Lipinski definition) is 2. The first-order chi connectivity index (χ1) is 7.99. The minimum atomic E-state index is 0.236. The van der Waals surface area contributed by atoms with Crippen LogP contribution < -0.4 is 0 Å². The Kier molecular flexibility index (Phi) is 3.14. The number of phenolic OH excluding ortho intramolecular Hbond substituents is 2. The van der Waals surface area contributed by atoms with Crippen molar-refractivity contribution in [1.82, 2.24) is 0 Å². The number of phenols is 2. The molecular formula is C15H20O2. The van der Waals surface area contributed by atoms with Crippen LogP contribution in [-0.2, 0) is 0 Å². The normalized spacial score (nSPS) is 20.8. The molecule has 2 nitrogen and oxygen atoms in total. The highest BCUT2D eigenvalue weighted by atomic mass is 16.3. The average Bonchev–Trinajstić information content (AvgIpc) is 2.21. The van der Waals surface area contributed by atoms with E-state index in [2.05, 4.69) is 13.8 Å². The third-order valence-electron chi connectivity index (χ3n) is 3.84. The lowest BCUT2D eigenvalue weighted by atomic mass is 9.80. The summed E-state index contributed by atoms with van der Waals surface area (Å²) in [5.74, 6) is 0.721. The van der Waals surface area contributed by atoms with E-state index < -0.39 is 0 Å². The van der Waals surface area contributed by atoms with E-state index in [1.54, 1.807) is 12.1 Å². The molecule has 0 fully saturated rings. The minimum Gasteiger partial charge on any atom is -0.508 e. The number of allylic oxidation sites excluding steroid dienone is 2. The van der Waals surface area contributed by atoms with Crippen LogP contribution in [0.4, 0.5) is 0 Å². The molecule has 1 aromatic carbocycles. The van der Waals surface area contributed by atoms with E-state index in [4.69, 9.17) is 0 Å². The van der Waals surface area contributed by atoms with Gasteiger partial charge in [-0.3, -0.25) is 0 Å². The molecule has 1 aliphatic carbocycles. The van der Waals surface area contributed by atoms with Crippen LogP contribution in [0.5, 0.6) is 11.5 Å². The van der Waals surface area contributed by atoms with E-state index >= 15 is 0 Å². The zero-order valence-corrected chi connectivity index (χ0v) is 10.7. The molecule has 92 valence electrons. The first-order valence-electron chi connectivity index (χ1n) is 6.16. The van der Waals surface area contributed by atoms with E-state index in [0.717, 1.165) is 30.4 Å². The summed E-state index contributed by atoms with van der Waals surface area (Å²) in [6.07, 6.45) is 3.01. The Morgan fingerprint density at radius 3 is 2.12 bits per heavy atom. The van der Waals surface area contributed by atoms with Gasteiger partial charge in [-0.1, -0.05) is 11.1 Å². The van der Waals surface area contributed by atoms with Crippen molar-refractivity contribution in [1.29, 1.82) is 0 Å². The summed E-state index contributed by atoms with van der Waals surface area (Å²) in [6, 6.07) is 3.46. The van der Waals surface area contributed by atoms with Gasteiger partial charge in [-0.2, -0.15) is 0 Å². The first kappa shape index (κ1) is 12.0. The fourth-order valence-electron chi connectivity index (χ4n) is 2.67. The molecule has 17 heavy (non-hydrogen) atoms. The molecule has 0 spiro atoms. The summed E-state index contributed by atoms with van der Waals surface area (Å²) in [6.45, 7) is 6.18. The van der Waals surface area contributed by atoms with Crippen LogP contribution in [0, 0.1) is 6.92 Å². The summed E-state index contributed by atoms with van der Waals surface area (Å²) in [5.41, 5.74) is 4.46. The molecule has 1 aliphatic rings. The molecule has 0 amide bonds. The number of rotatable bonds is 1. The van der Waals surface area contributed by atoms with Gasteiger partial charge >= 0.3 is 0 Å². The van der Waals surface area contributed by atoms with Crippen LogP contribution in [0.2, 0.25) is 0 Å². The predicted molar refractivity (Wildman–Crippen MR) is 69.5 cm³/mol. The molecule has 2 rings (SSSR count). The van der Waals surface area contributed by atoms with Crippen LogP contribution in [0.3, 0.4) is 0 Å². The van der Waals surface area contributed by atoms with E-state index in [1.807, 2.05) is 6.92 Å². The van der Waals surface area contributed by atoms with Crippen LogP contribution in [0.15, 0.2) is 23.3 Å². The van der Waals surface area contributed by atoms with Crippen molar-refractivity contribution in [2.75, 3.05) is 0 Å². The highest BCUT2D eigenvalue weighted by molar-refractivity contribution is 5.49. The van der Waals surface area contributed by atoms with Crippen molar-refractivity contribution in [3.05, 3.63) is 34.4 Å². The van der Waals surface area contributed by atoms with E-state index in [9.17, 15) is 10.2 Å². The van der Waals surface area contributed by atoms with Gasteiger partial charge in [-0.05, 0) is 63.6 Å². The molecular weight excluding hydrogens is 212 g/mol. The van der Waals surface area contributed by atoms with E-state index in [-0.39, 0.29) is 17.4 Å². The Hall–Kier alpha value is -1.44. The highest BCUT2D eigenvalue weighted by Crippen LogP contribution is 2.43. The molecule has 1 atom stereocenters. The second kappa shape index (κ2) is 4.44. The number of benzene rings is 1. The molecule has 0 saturated heterocycles. The van der Waals surface area contributed by atoms with Gasteiger partial charge in [0, 0.05) is 5.56 Å². The molecule has 1 aromatic rings. The van der Waals surface area contributed by atoms with Gasteiger partial charge in [0.25, 0.3) is 0 Å². The summed E-state index contributed by atoms with van der Waals surface area (Å²) in [4.78, 5) is 0. The first-order valence-corrected chi connectivity index (χ1v) is 6.16. The Morgan fingerprint density at radius 1 is 1.00 bits per heavy atom. The second-order valence-electron chi connectivity index (χ2n) is 5.22. The summed E-state index contributed by atoms with van der Waals surface area (Å²) >= 11 is 0. The van der Waals surface area contributed by atoms with Crippen LogP contribution in [0.25, 0.3) is 0 Å². The topological polar surface area (TPSA) is 40.5 Å². The Morgan fingerprint density at radius 2 is 1.59 bits per heavy atom. The highest BCUT2D eigenvalue weighted by Gasteiger charge is 2.23. The van der Waals surface area contributed by atoms with Crippen molar-refractivity contribution in [3.63, 3.8) is 0 Å². The van der Waals surface area contributed by atoms with Crippen molar-refractivity contribution in [2.45, 2.75) is 46.0 Å². The quantitative estimate of drug-likeness (QED) is 0.718. The van der Waals surface area contributed by atoms with E-state index in [0.29, 0.717) is 0 Å². The summed E-state index contributed by atoms with van der Waals surface area (Å²) in [7, 11) is 0. The van der Waals surface area contributed by atoms with Crippen LogP contribution >= 0.6 is 0 Å². The third kappa shape index (κ3) is 2.31. The largest absolute Gasteiger partial charge is 0.508 e. The molecule has 0 aliphatic heterocycles. The molecule has 2 heteroatoms. The number of hydrogen-bond donors (Lipinski definition) is 2. The van der Waals surface area contributed by atoms with E-state index in [1.165, 1.54) is 11.1 Å². The smallest absolute Gasteiger partial charge is 0.123 e. The Balaban J connectivity index is 2.36. The number of aromatic hydroxyl groups is 2. The van der Waals surface area contributed by atoms with Gasteiger partial charge in [0.15, 0.2) is 0 Å². The van der Waals surface area contributed by atoms with Gasteiger partial charge in [0.05, 0.1) is 0 Å². The molecule has 0 aromatic heterocycles. The molecule has 0 unspecified atom stereocenters. The molecule has 0 saturated carbocycles. The maximum atomic E-state index is 10.0. The van der Waals surface area contributed by atoms with Crippen LogP contribution in [0.1, 0.15) is 50.2 Å². The standard InChI is InChI=1S/C15H20O2/c1-9-6-13(16)15(14(17)7-9)12-5-4-10(2)11(3)8-12/h6-7,12,16-17H,4-5,8H2,1-3H3/t12-/m0/s1. The fourth-order valence-corrected chi connectivity index (χ4v) is 2.67. The molecule has 2 N–H and O–H groups in total. The molecule has 0 radical (unpaired) electrons. The van der Waals surface area contributed by atoms with Gasteiger partial charge in [0.2, 0.25) is 0 Å². The number of aryl methyl sites for hydroxylation is 1. The Labute approximate surface area is 103 Å². The predicted octanol–water partition coefficient (Wildman–Crippen LogP) is 4.01. The SMILES string of the molecule is CC1=C(C)C[C@@H](c2c(O)cc(C)cc2O)CC1. The van der Waals surface area contributed by atoms with Gasteiger partial charge < -0.3 is 10.2 Å². The van der Waals surface area contributed by atoms with Gasteiger partial charge in [-0.15, -0.1) is 0 Å². The zero-order valence-electron chi connectivity index (χ0n) is 10.7. The van der Waals surface area contributed by atoms with Gasteiger partial charge in [-0.25, -0.2) is 0 Å². The van der Waals surface area contributed by atoms with Crippen molar-refractivity contribution in [3.8, 4) is 11.5 Å².